The monoisotopic (exact) mass is 469 g/mol. The van der Waals surface area contributed by atoms with Crippen molar-refractivity contribution in [3.63, 3.8) is 0 Å². The predicted molar refractivity (Wildman–Crippen MR) is 132 cm³/mol. The van der Waals surface area contributed by atoms with E-state index >= 15 is 0 Å². The third kappa shape index (κ3) is 6.54. The molecule has 180 valence electrons. The van der Waals surface area contributed by atoms with Crippen LogP contribution in [0.5, 0.6) is 0 Å². The lowest BCUT2D eigenvalue weighted by Gasteiger charge is -2.26. The Bertz CT molecular complexity index is 905. The largest absolute Gasteiger partial charge is 0.465 e. The number of rotatable bonds is 13. The first-order valence-electron chi connectivity index (χ1n) is 12.6. The number of carbonyl (C=O) groups excluding carboxylic acids is 1. The van der Waals surface area contributed by atoms with E-state index in [0.717, 1.165) is 24.3 Å². The summed E-state index contributed by atoms with van der Waals surface area (Å²) in [5.74, 6) is 2.58. The number of carbonyl (C=O) groups is 1. The van der Waals surface area contributed by atoms with Gasteiger partial charge in [0.25, 0.3) is 0 Å². The van der Waals surface area contributed by atoms with Crippen molar-refractivity contribution in [2.45, 2.75) is 77.4 Å². The van der Waals surface area contributed by atoms with Crippen LogP contribution in [0.4, 0.5) is 0 Å². The summed E-state index contributed by atoms with van der Waals surface area (Å²) in [7, 11) is -1.19. The number of benzene rings is 1. The molecule has 2 aliphatic rings. The summed E-state index contributed by atoms with van der Waals surface area (Å²) in [6.07, 6.45) is 5.48. The second-order valence-corrected chi connectivity index (χ2v) is 16.5. The Morgan fingerprint density at radius 1 is 1.09 bits per heavy atom. The minimum absolute atomic E-state index is 0.150. The first-order valence-corrected chi connectivity index (χ1v) is 16.3. The maximum absolute atomic E-state index is 13.3. The molecule has 0 amide bonds. The molecule has 0 N–H and O–H groups in total. The summed E-state index contributed by atoms with van der Waals surface area (Å²) in [6.45, 7) is 10.4. The highest BCUT2D eigenvalue weighted by Gasteiger charge is 2.50. The number of ether oxygens (including phenoxy) is 2. The van der Waals surface area contributed by atoms with Crippen LogP contribution in [0.1, 0.15) is 55.7 Å². The second kappa shape index (κ2) is 10.5. The molecular formula is C26H39N3O3Si. The SMILES string of the molecule is CCOC(=O)C(c1nnc(Cc2ccccc2)n1COCC[Si](C)(C)C)C(C1CC1)C1CC1. The van der Waals surface area contributed by atoms with Gasteiger partial charge < -0.3 is 9.47 Å². The maximum Gasteiger partial charge on any atom is 0.316 e. The smallest absolute Gasteiger partial charge is 0.316 e. The molecule has 0 spiro atoms. The van der Waals surface area contributed by atoms with E-state index in [0.29, 0.717) is 37.5 Å². The van der Waals surface area contributed by atoms with Crippen LogP contribution in [-0.4, -0.2) is 42.0 Å². The van der Waals surface area contributed by atoms with Crippen molar-refractivity contribution in [1.29, 1.82) is 0 Å². The molecule has 2 fully saturated rings. The van der Waals surface area contributed by atoms with Gasteiger partial charge in [-0.3, -0.25) is 9.36 Å². The summed E-state index contributed by atoms with van der Waals surface area (Å²) < 4.78 is 13.8. The molecule has 6 nitrogen and oxygen atoms in total. The van der Waals surface area contributed by atoms with Gasteiger partial charge in [0.15, 0.2) is 0 Å². The van der Waals surface area contributed by atoms with E-state index in [1.165, 1.54) is 31.2 Å². The topological polar surface area (TPSA) is 66.2 Å². The van der Waals surface area contributed by atoms with Gasteiger partial charge in [0, 0.05) is 21.1 Å². The fourth-order valence-electron chi connectivity index (χ4n) is 4.72. The lowest BCUT2D eigenvalue weighted by atomic mass is 9.83. The molecule has 0 radical (unpaired) electrons. The molecule has 33 heavy (non-hydrogen) atoms. The molecular weight excluding hydrogens is 430 g/mol. The molecule has 1 atom stereocenters. The van der Waals surface area contributed by atoms with Crippen molar-refractivity contribution >= 4 is 14.0 Å². The van der Waals surface area contributed by atoms with E-state index in [1.54, 1.807) is 0 Å². The van der Waals surface area contributed by atoms with Crippen LogP contribution < -0.4 is 0 Å². The quantitative estimate of drug-likeness (QED) is 0.227. The normalized spacial score (nSPS) is 17.4. The van der Waals surface area contributed by atoms with Crippen LogP contribution >= 0.6 is 0 Å². The average Bonchev–Trinajstić information content (AvgIpc) is 3.70. The molecule has 1 aromatic carbocycles. The van der Waals surface area contributed by atoms with Crippen molar-refractivity contribution in [3.8, 4) is 0 Å². The van der Waals surface area contributed by atoms with Gasteiger partial charge in [-0.1, -0.05) is 50.0 Å². The van der Waals surface area contributed by atoms with Crippen molar-refractivity contribution in [2.75, 3.05) is 13.2 Å². The zero-order valence-corrected chi connectivity index (χ0v) is 21.6. The maximum atomic E-state index is 13.3. The van der Waals surface area contributed by atoms with E-state index in [2.05, 4.69) is 46.5 Å². The standard InChI is InChI=1S/C26H39N3O3Si/c1-5-32-26(30)24(23(20-11-12-20)21-13-14-21)25-28-27-22(17-19-9-7-6-8-10-19)29(25)18-31-15-16-33(2,3)4/h6-10,20-21,23-24H,5,11-18H2,1-4H3. The number of hydrogen-bond acceptors (Lipinski definition) is 5. The zero-order chi connectivity index (χ0) is 23.4. The highest BCUT2D eigenvalue weighted by Crippen LogP contribution is 2.55. The van der Waals surface area contributed by atoms with Crippen LogP contribution in [-0.2, 0) is 27.4 Å². The van der Waals surface area contributed by atoms with E-state index < -0.39 is 8.07 Å². The second-order valence-electron chi connectivity index (χ2n) is 10.9. The van der Waals surface area contributed by atoms with Crippen molar-refractivity contribution < 1.29 is 14.3 Å². The van der Waals surface area contributed by atoms with Crippen molar-refractivity contribution in [1.82, 2.24) is 14.8 Å². The highest BCUT2D eigenvalue weighted by molar-refractivity contribution is 6.76. The molecule has 1 unspecified atom stereocenters. The van der Waals surface area contributed by atoms with Gasteiger partial charge in [-0.05, 0) is 62.0 Å². The Balaban J connectivity index is 1.64. The summed E-state index contributed by atoms with van der Waals surface area (Å²) >= 11 is 0. The summed E-state index contributed by atoms with van der Waals surface area (Å²) in [5.41, 5.74) is 1.17. The van der Waals surface area contributed by atoms with Crippen LogP contribution in [0.3, 0.4) is 0 Å². The summed E-state index contributed by atoms with van der Waals surface area (Å²) in [6, 6.07) is 11.4. The Kier molecular flexibility index (Phi) is 7.69. The van der Waals surface area contributed by atoms with Crippen molar-refractivity contribution in [3.05, 3.63) is 47.5 Å². The van der Waals surface area contributed by atoms with E-state index in [4.69, 9.17) is 9.47 Å². The minimum atomic E-state index is -1.19. The van der Waals surface area contributed by atoms with Gasteiger partial charge in [0.05, 0.1) is 6.61 Å². The number of aromatic nitrogens is 3. The van der Waals surface area contributed by atoms with E-state index in [-0.39, 0.29) is 11.9 Å². The van der Waals surface area contributed by atoms with Gasteiger partial charge >= 0.3 is 5.97 Å². The summed E-state index contributed by atoms with van der Waals surface area (Å²) in [4.78, 5) is 13.3. The molecule has 0 bridgehead atoms. The van der Waals surface area contributed by atoms with Crippen molar-refractivity contribution in [2.24, 2.45) is 17.8 Å². The molecule has 2 aliphatic carbocycles. The molecule has 0 aliphatic heterocycles. The fraction of sp³-hybridized carbons (Fsp3) is 0.654. The van der Waals surface area contributed by atoms with Crippen LogP contribution in [0.25, 0.3) is 0 Å². The zero-order valence-electron chi connectivity index (χ0n) is 20.6. The van der Waals surface area contributed by atoms with Gasteiger partial charge in [-0.25, -0.2) is 0 Å². The van der Waals surface area contributed by atoms with Gasteiger partial charge in [0.2, 0.25) is 0 Å². The Hall–Kier alpha value is -1.99. The number of nitrogens with zero attached hydrogens (tertiary/aromatic N) is 3. The summed E-state index contributed by atoms with van der Waals surface area (Å²) in [5, 5.41) is 9.20. The molecule has 1 heterocycles. The third-order valence-corrected chi connectivity index (χ3v) is 8.52. The molecule has 1 aromatic heterocycles. The van der Waals surface area contributed by atoms with Crippen LogP contribution in [0.2, 0.25) is 25.7 Å². The lowest BCUT2D eigenvalue weighted by Crippen LogP contribution is -2.30. The molecule has 2 saturated carbocycles. The van der Waals surface area contributed by atoms with Gasteiger partial charge in [-0.15, -0.1) is 10.2 Å². The third-order valence-electron chi connectivity index (χ3n) is 6.81. The van der Waals surface area contributed by atoms with Gasteiger partial charge in [0.1, 0.15) is 24.3 Å². The Labute approximate surface area is 199 Å². The minimum Gasteiger partial charge on any atom is -0.465 e. The first kappa shape index (κ1) is 24.1. The van der Waals surface area contributed by atoms with Crippen LogP contribution in [0.15, 0.2) is 30.3 Å². The van der Waals surface area contributed by atoms with Crippen LogP contribution in [0, 0.1) is 17.8 Å². The Morgan fingerprint density at radius 3 is 2.33 bits per heavy atom. The molecule has 7 heteroatoms. The number of hydrogen-bond donors (Lipinski definition) is 0. The predicted octanol–water partition coefficient (Wildman–Crippen LogP) is 5.26. The molecule has 0 saturated heterocycles. The average molecular weight is 470 g/mol. The Morgan fingerprint density at radius 2 is 1.76 bits per heavy atom. The number of esters is 1. The molecule has 4 rings (SSSR count). The van der Waals surface area contributed by atoms with E-state index in [1.807, 2.05) is 25.1 Å². The fourth-order valence-corrected chi connectivity index (χ4v) is 5.48. The van der Waals surface area contributed by atoms with Gasteiger partial charge in [-0.2, -0.15) is 0 Å². The van der Waals surface area contributed by atoms with E-state index in [9.17, 15) is 4.79 Å². The lowest BCUT2D eigenvalue weighted by molar-refractivity contribution is -0.147. The molecule has 2 aromatic rings. The highest BCUT2D eigenvalue weighted by atomic mass is 28.3. The first-order chi connectivity index (χ1) is 15.9.